The van der Waals surface area contributed by atoms with Crippen LogP contribution in [0.3, 0.4) is 0 Å². The monoisotopic (exact) mass is 472 g/mol. The molecule has 0 aliphatic carbocycles. The number of aliphatic hydroxyl groups excluding tert-OH is 1. The summed E-state index contributed by atoms with van der Waals surface area (Å²) in [4.78, 5) is 14.8. The van der Waals surface area contributed by atoms with Gasteiger partial charge in [-0.1, -0.05) is 38.4 Å². The predicted molar refractivity (Wildman–Crippen MR) is 131 cm³/mol. The van der Waals surface area contributed by atoms with E-state index in [-0.39, 0.29) is 28.5 Å². The standard InChI is InChI=1S/C26H30ClFN2O3/c1-26(2,3)24(16-31)30-7-6-23(32)20-13-17(4-5-22(20)30)12-18-14-19(15-21(27)25(18)28)29-8-10-33-11-9-29/h4-7,13-15,24,31H,8-12,16H2,1-3H3/t24-/m1/s1. The first-order valence-electron chi connectivity index (χ1n) is 11.2. The number of aliphatic hydroxyl groups is 1. The molecule has 1 aliphatic heterocycles. The molecular formula is C26H30ClFN2O3. The first-order chi connectivity index (χ1) is 15.7. The number of halogens is 2. The molecule has 0 amide bonds. The normalized spacial score (nSPS) is 15.8. The minimum Gasteiger partial charge on any atom is -0.394 e. The Kier molecular flexibility index (Phi) is 6.80. The van der Waals surface area contributed by atoms with Crippen molar-refractivity contribution in [3.63, 3.8) is 0 Å². The molecule has 1 N–H and O–H groups in total. The van der Waals surface area contributed by atoms with Crippen molar-refractivity contribution in [2.45, 2.75) is 33.2 Å². The average Bonchev–Trinajstić information content (AvgIpc) is 2.78. The van der Waals surface area contributed by atoms with Crippen LogP contribution in [-0.2, 0) is 11.2 Å². The van der Waals surface area contributed by atoms with Crippen LogP contribution in [-0.4, -0.2) is 42.6 Å². The van der Waals surface area contributed by atoms with Crippen molar-refractivity contribution in [1.82, 2.24) is 4.57 Å². The maximum atomic E-state index is 14.9. The van der Waals surface area contributed by atoms with E-state index in [0.29, 0.717) is 30.6 Å². The number of nitrogens with zero attached hydrogens (tertiary/aromatic N) is 2. The quantitative estimate of drug-likeness (QED) is 0.579. The fraction of sp³-hybridized carbons (Fsp3) is 0.423. The summed E-state index contributed by atoms with van der Waals surface area (Å²) in [6.45, 7) is 8.85. The first-order valence-corrected chi connectivity index (χ1v) is 11.6. The van der Waals surface area contributed by atoms with Gasteiger partial charge >= 0.3 is 0 Å². The summed E-state index contributed by atoms with van der Waals surface area (Å²) >= 11 is 6.23. The van der Waals surface area contributed by atoms with E-state index in [1.165, 1.54) is 6.07 Å². The van der Waals surface area contributed by atoms with Gasteiger partial charge in [0.2, 0.25) is 0 Å². The zero-order chi connectivity index (χ0) is 23.8. The predicted octanol–water partition coefficient (Wildman–Crippen LogP) is 4.80. The Hall–Kier alpha value is -2.41. The van der Waals surface area contributed by atoms with E-state index in [1.807, 2.05) is 28.8 Å². The van der Waals surface area contributed by atoms with Gasteiger partial charge in [-0.2, -0.15) is 0 Å². The maximum absolute atomic E-state index is 14.9. The second kappa shape index (κ2) is 9.45. The number of pyridine rings is 1. The molecule has 2 heterocycles. The van der Waals surface area contributed by atoms with Crippen molar-refractivity contribution in [2.24, 2.45) is 5.41 Å². The molecule has 0 radical (unpaired) electrons. The molecule has 0 bridgehead atoms. The third kappa shape index (κ3) is 4.93. The highest BCUT2D eigenvalue weighted by Gasteiger charge is 2.26. The van der Waals surface area contributed by atoms with Gasteiger partial charge in [-0.15, -0.1) is 0 Å². The fourth-order valence-electron chi connectivity index (χ4n) is 4.47. The molecule has 1 aromatic heterocycles. The van der Waals surface area contributed by atoms with Gasteiger partial charge in [0.15, 0.2) is 5.43 Å². The van der Waals surface area contributed by atoms with Gasteiger partial charge in [0.25, 0.3) is 0 Å². The van der Waals surface area contributed by atoms with Crippen LogP contribution < -0.4 is 10.3 Å². The van der Waals surface area contributed by atoms with Gasteiger partial charge in [0.1, 0.15) is 5.82 Å². The molecule has 3 aromatic rings. The Morgan fingerprint density at radius 2 is 1.88 bits per heavy atom. The van der Waals surface area contributed by atoms with Gasteiger partial charge in [-0.05, 0) is 40.8 Å². The molecule has 4 rings (SSSR count). The number of fused-ring (bicyclic) bond motifs is 1. The van der Waals surface area contributed by atoms with Crippen LogP contribution in [0, 0.1) is 11.2 Å². The molecule has 1 fully saturated rings. The number of rotatable bonds is 5. The van der Waals surface area contributed by atoms with Crippen LogP contribution in [0.25, 0.3) is 10.9 Å². The Morgan fingerprint density at radius 3 is 2.55 bits per heavy atom. The van der Waals surface area contributed by atoms with Crippen molar-refractivity contribution in [2.75, 3.05) is 37.8 Å². The minimum atomic E-state index is -0.438. The number of anilines is 1. The Bertz CT molecular complexity index is 1210. The smallest absolute Gasteiger partial charge is 0.189 e. The molecule has 1 atom stereocenters. The molecule has 0 unspecified atom stereocenters. The van der Waals surface area contributed by atoms with E-state index >= 15 is 0 Å². The zero-order valence-corrected chi connectivity index (χ0v) is 20.0. The lowest BCUT2D eigenvalue weighted by atomic mass is 9.86. The lowest BCUT2D eigenvalue weighted by molar-refractivity contribution is 0.122. The van der Waals surface area contributed by atoms with Gasteiger partial charge < -0.3 is 19.3 Å². The third-order valence-electron chi connectivity index (χ3n) is 6.36. The molecule has 7 heteroatoms. The number of benzene rings is 2. The van der Waals surface area contributed by atoms with Crippen molar-refractivity contribution in [1.29, 1.82) is 0 Å². The van der Waals surface area contributed by atoms with Crippen molar-refractivity contribution in [3.05, 3.63) is 74.8 Å². The van der Waals surface area contributed by atoms with Crippen molar-refractivity contribution in [3.8, 4) is 0 Å². The summed E-state index contributed by atoms with van der Waals surface area (Å²) in [7, 11) is 0. The minimum absolute atomic E-state index is 0.0404. The highest BCUT2D eigenvalue weighted by molar-refractivity contribution is 6.31. The maximum Gasteiger partial charge on any atom is 0.189 e. The summed E-state index contributed by atoms with van der Waals surface area (Å²) in [5, 5.41) is 10.7. The molecule has 1 saturated heterocycles. The second-order valence-corrected chi connectivity index (χ2v) is 10.1. The lowest BCUT2D eigenvalue weighted by Gasteiger charge is -2.32. The van der Waals surface area contributed by atoms with Crippen molar-refractivity contribution >= 4 is 28.2 Å². The van der Waals surface area contributed by atoms with Crippen LogP contribution in [0.1, 0.15) is 37.9 Å². The Morgan fingerprint density at radius 1 is 1.15 bits per heavy atom. The number of aromatic nitrogens is 1. The van der Waals surface area contributed by atoms with E-state index < -0.39 is 5.82 Å². The molecular weight excluding hydrogens is 443 g/mol. The lowest BCUT2D eigenvalue weighted by Crippen LogP contribution is -2.36. The molecule has 0 saturated carbocycles. The van der Waals surface area contributed by atoms with E-state index in [4.69, 9.17) is 16.3 Å². The summed E-state index contributed by atoms with van der Waals surface area (Å²) < 4.78 is 22.3. The molecule has 1 aliphatic rings. The molecule has 33 heavy (non-hydrogen) atoms. The number of hydrogen-bond acceptors (Lipinski definition) is 4. The van der Waals surface area contributed by atoms with E-state index in [1.54, 1.807) is 12.3 Å². The van der Waals surface area contributed by atoms with Gasteiger partial charge in [0.05, 0.1) is 36.4 Å². The van der Waals surface area contributed by atoms with Crippen LogP contribution in [0.4, 0.5) is 10.1 Å². The fourth-order valence-corrected chi connectivity index (χ4v) is 4.70. The Balaban J connectivity index is 1.72. The molecule has 176 valence electrons. The highest BCUT2D eigenvalue weighted by atomic mass is 35.5. The van der Waals surface area contributed by atoms with Crippen LogP contribution in [0.5, 0.6) is 0 Å². The van der Waals surface area contributed by atoms with Crippen LogP contribution in [0.2, 0.25) is 5.02 Å². The first kappa shape index (κ1) is 23.7. The topological polar surface area (TPSA) is 54.7 Å². The Labute approximate surface area is 198 Å². The van der Waals surface area contributed by atoms with Gasteiger partial charge in [0, 0.05) is 42.8 Å². The summed E-state index contributed by atoms with van der Waals surface area (Å²) in [5.74, 6) is -0.438. The second-order valence-electron chi connectivity index (χ2n) is 9.68. The summed E-state index contributed by atoms with van der Waals surface area (Å²) in [6.07, 6.45) is 2.05. The van der Waals surface area contributed by atoms with Crippen LogP contribution >= 0.6 is 11.6 Å². The molecule has 5 nitrogen and oxygen atoms in total. The summed E-state index contributed by atoms with van der Waals surface area (Å²) in [6, 6.07) is 10.4. The van der Waals surface area contributed by atoms with E-state index in [0.717, 1.165) is 29.9 Å². The van der Waals surface area contributed by atoms with Gasteiger partial charge in [-0.3, -0.25) is 4.79 Å². The SMILES string of the molecule is CC(C)(C)[C@@H](CO)n1ccc(=O)c2cc(Cc3cc(N4CCOCC4)cc(Cl)c3F)ccc21. The van der Waals surface area contributed by atoms with E-state index in [9.17, 15) is 14.3 Å². The average molecular weight is 473 g/mol. The van der Waals surface area contributed by atoms with Gasteiger partial charge in [-0.25, -0.2) is 4.39 Å². The largest absolute Gasteiger partial charge is 0.394 e. The number of ether oxygens (including phenoxy) is 1. The van der Waals surface area contributed by atoms with E-state index in [2.05, 4.69) is 25.7 Å². The number of morpholine rings is 1. The number of hydrogen-bond donors (Lipinski definition) is 1. The van der Waals surface area contributed by atoms with Crippen molar-refractivity contribution < 1.29 is 14.2 Å². The highest BCUT2D eigenvalue weighted by Crippen LogP contribution is 2.33. The summed E-state index contributed by atoms with van der Waals surface area (Å²) in [5.41, 5.74) is 2.63. The zero-order valence-electron chi connectivity index (χ0n) is 19.3. The van der Waals surface area contributed by atoms with Crippen LogP contribution in [0.15, 0.2) is 47.4 Å². The third-order valence-corrected chi connectivity index (χ3v) is 6.63. The molecule has 0 spiro atoms. The molecule has 2 aromatic carbocycles.